The van der Waals surface area contributed by atoms with E-state index in [9.17, 15) is 0 Å². The molecule has 0 aromatic carbocycles. The molecule has 4 unspecified atom stereocenters. The summed E-state index contributed by atoms with van der Waals surface area (Å²) in [4.78, 5) is 0. The van der Waals surface area contributed by atoms with Gasteiger partial charge >= 0.3 is 0 Å². The lowest BCUT2D eigenvalue weighted by atomic mass is 9.92. The molecule has 4 nitrogen and oxygen atoms in total. The third-order valence-corrected chi connectivity index (χ3v) is 6.19. The van der Waals surface area contributed by atoms with Crippen LogP contribution < -0.4 is 11.1 Å². The highest BCUT2D eigenvalue weighted by atomic mass is 35.5. The van der Waals surface area contributed by atoms with Crippen LogP contribution in [0.5, 0.6) is 0 Å². The fourth-order valence-corrected chi connectivity index (χ4v) is 4.21. The van der Waals surface area contributed by atoms with Crippen molar-refractivity contribution in [1.82, 2.24) is 10.5 Å². The zero-order valence-corrected chi connectivity index (χ0v) is 17.1. The maximum absolute atomic E-state index is 6.54. The molecule has 1 heterocycles. The van der Waals surface area contributed by atoms with Crippen molar-refractivity contribution in [3.05, 3.63) is 40.3 Å². The molecule has 1 saturated carbocycles. The van der Waals surface area contributed by atoms with E-state index in [0.29, 0.717) is 23.5 Å². The molecule has 4 atom stereocenters. The number of halogens is 2. The van der Waals surface area contributed by atoms with Crippen LogP contribution in [0.1, 0.15) is 74.8 Å². The van der Waals surface area contributed by atoms with Crippen LogP contribution in [-0.2, 0) is 6.54 Å². The summed E-state index contributed by atoms with van der Waals surface area (Å²) in [6.07, 6.45) is 11.1. The predicted molar refractivity (Wildman–Crippen MR) is 108 cm³/mol. The number of nitrogens with two attached hydrogens (primary N) is 1. The van der Waals surface area contributed by atoms with Gasteiger partial charge in [-0.1, -0.05) is 42.8 Å². The van der Waals surface area contributed by atoms with Crippen molar-refractivity contribution >= 4 is 23.2 Å². The van der Waals surface area contributed by atoms with Crippen molar-refractivity contribution in [2.24, 2.45) is 5.73 Å². The Bertz CT molecular complexity index is 666. The van der Waals surface area contributed by atoms with Gasteiger partial charge in [0.1, 0.15) is 5.76 Å². The molecule has 0 saturated heterocycles. The summed E-state index contributed by atoms with van der Waals surface area (Å²) in [7, 11) is 0. The molecule has 0 radical (unpaired) electrons. The van der Waals surface area contributed by atoms with Crippen LogP contribution in [0.3, 0.4) is 0 Å². The Morgan fingerprint density at radius 1 is 1.35 bits per heavy atom. The molecule has 1 fully saturated rings. The smallest absolute Gasteiger partial charge is 0.144 e. The number of hydrogen-bond acceptors (Lipinski definition) is 4. The van der Waals surface area contributed by atoms with Gasteiger partial charge in [0.2, 0.25) is 0 Å². The van der Waals surface area contributed by atoms with Gasteiger partial charge in [-0.2, -0.15) is 0 Å². The molecular formula is C20H29Cl2N3O. The maximum atomic E-state index is 6.54. The van der Waals surface area contributed by atoms with Crippen LogP contribution in [0.25, 0.3) is 0 Å². The zero-order valence-electron chi connectivity index (χ0n) is 15.6. The number of nitrogens with zero attached hydrogens (tertiary/aromatic N) is 1. The van der Waals surface area contributed by atoms with Crippen molar-refractivity contribution in [2.45, 2.75) is 81.8 Å². The van der Waals surface area contributed by atoms with E-state index in [4.69, 9.17) is 33.5 Å². The van der Waals surface area contributed by atoms with Crippen LogP contribution in [0, 0.1) is 0 Å². The molecular weight excluding hydrogens is 369 g/mol. The van der Waals surface area contributed by atoms with E-state index in [1.165, 1.54) is 0 Å². The summed E-state index contributed by atoms with van der Waals surface area (Å²) in [5.74, 6) is 1.35. The lowest BCUT2D eigenvalue weighted by Crippen LogP contribution is -2.35. The van der Waals surface area contributed by atoms with Crippen LogP contribution in [0.4, 0.5) is 0 Å². The van der Waals surface area contributed by atoms with E-state index in [2.05, 4.69) is 24.3 Å². The molecule has 0 bridgehead atoms. The first kappa shape index (κ1) is 19.9. The Hall–Kier alpha value is -0.810. The molecule has 144 valence electrons. The summed E-state index contributed by atoms with van der Waals surface area (Å²) in [6, 6.07) is 0.606. The number of nitrogens with one attached hydrogen (secondary N) is 1. The number of hydrogen-bond donors (Lipinski definition) is 2. The lowest BCUT2D eigenvalue weighted by Gasteiger charge is -2.23. The topological polar surface area (TPSA) is 64.1 Å². The Morgan fingerprint density at radius 3 is 2.73 bits per heavy atom. The fourth-order valence-electron chi connectivity index (χ4n) is 3.50. The van der Waals surface area contributed by atoms with Gasteiger partial charge in [-0.15, -0.1) is 11.6 Å². The van der Waals surface area contributed by atoms with Gasteiger partial charge < -0.3 is 15.6 Å². The van der Waals surface area contributed by atoms with E-state index in [1.807, 2.05) is 18.2 Å². The Labute approximate surface area is 166 Å². The Kier molecular flexibility index (Phi) is 6.84. The molecule has 6 heteroatoms. The Morgan fingerprint density at radius 2 is 2.12 bits per heavy atom. The normalized spacial score (nSPS) is 25.2. The molecule has 0 aliphatic heterocycles. The number of aromatic nitrogens is 1. The minimum atomic E-state index is -0.209. The summed E-state index contributed by atoms with van der Waals surface area (Å²) < 4.78 is 5.75. The van der Waals surface area contributed by atoms with Crippen LogP contribution in [-0.4, -0.2) is 22.6 Å². The standard InChI is InChI=1S/C20H29Cl2N3O/c1-3-13(23)10-14(4-2)24-11-15-19(25-26-20(15)12-8-9-12)18-16(21)6-5-7-17(18)22/h5-7,12-14,16,18,24H,3-4,8-11,23H2,1-2H3. The van der Waals surface area contributed by atoms with Gasteiger partial charge in [-0.05, 0) is 38.2 Å². The Balaban J connectivity index is 1.80. The summed E-state index contributed by atoms with van der Waals surface area (Å²) in [5, 5.41) is 8.57. The predicted octanol–water partition coefficient (Wildman–Crippen LogP) is 4.93. The molecule has 0 spiro atoms. The number of alkyl halides is 1. The van der Waals surface area contributed by atoms with Crippen molar-refractivity contribution in [2.75, 3.05) is 0 Å². The maximum Gasteiger partial charge on any atom is 0.144 e. The number of allylic oxidation sites excluding steroid dienone is 4. The van der Waals surface area contributed by atoms with Gasteiger partial charge in [-0.25, -0.2) is 0 Å². The van der Waals surface area contributed by atoms with Crippen molar-refractivity contribution < 1.29 is 4.52 Å². The van der Waals surface area contributed by atoms with Gasteiger partial charge in [0.15, 0.2) is 0 Å². The molecule has 3 rings (SSSR count). The third-order valence-electron chi connectivity index (χ3n) is 5.43. The first-order valence-corrected chi connectivity index (χ1v) is 10.5. The minimum absolute atomic E-state index is 0.144. The zero-order chi connectivity index (χ0) is 18.7. The summed E-state index contributed by atoms with van der Waals surface area (Å²) >= 11 is 13.0. The quantitative estimate of drug-likeness (QED) is 0.579. The second-order valence-corrected chi connectivity index (χ2v) is 8.37. The highest BCUT2D eigenvalue weighted by molar-refractivity contribution is 6.32. The van der Waals surface area contributed by atoms with Gasteiger partial charge in [0, 0.05) is 35.1 Å². The van der Waals surface area contributed by atoms with Crippen LogP contribution >= 0.6 is 23.2 Å². The largest absolute Gasteiger partial charge is 0.360 e. The minimum Gasteiger partial charge on any atom is -0.360 e. The molecule has 3 N–H and O–H groups in total. The lowest BCUT2D eigenvalue weighted by molar-refractivity contribution is 0.373. The first-order chi connectivity index (χ1) is 12.5. The van der Waals surface area contributed by atoms with Crippen molar-refractivity contribution in [3.63, 3.8) is 0 Å². The second-order valence-electron chi connectivity index (χ2n) is 7.43. The van der Waals surface area contributed by atoms with Crippen molar-refractivity contribution in [3.8, 4) is 0 Å². The van der Waals surface area contributed by atoms with Crippen molar-refractivity contribution in [1.29, 1.82) is 0 Å². The molecule has 1 aromatic heterocycles. The average Bonchev–Trinajstić information content (AvgIpc) is 3.39. The fraction of sp³-hybridized carbons (Fsp3) is 0.650. The molecule has 2 aliphatic carbocycles. The summed E-state index contributed by atoms with van der Waals surface area (Å²) in [6.45, 7) is 5.04. The highest BCUT2D eigenvalue weighted by Gasteiger charge is 2.36. The van der Waals surface area contributed by atoms with E-state index in [0.717, 1.165) is 49.1 Å². The number of rotatable bonds is 9. The van der Waals surface area contributed by atoms with Crippen LogP contribution in [0.15, 0.2) is 27.8 Å². The highest BCUT2D eigenvalue weighted by Crippen LogP contribution is 2.45. The van der Waals surface area contributed by atoms with E-state index in [1.54, 1.807) is 0 Å². The SMILES string of the molecule is CCC(N)CC(CC)NCc1c(C2C(Cl)=CC=CC2Cl)noc1C1CC1. The third kappa shape index (κ3) is 4.53. The van der Waals surface area contributed by atoms with E-state index in [-0.39, 0.29) is 17.3 Å². The molecule has 0 amide bonds. The first-order valence-electron chi connectivity index (χ1n) is 9.70. The van der Waals surface area contributed by atoms with Crippen LogP contribution in [0.2, 0.25) is 0 Å². The monoisotopic (exact) mass is 397 g/mol. The molecule has 1 aromatic rings. The summed E-state index contributed by atoms with van der Waals surface area (Å²) in [5.41, 5.74) is 8.16. The molecule has 26 heavy (non-hydrogen) atoms. The molecule has 2 aliphatic rings. The second kappa shape index (κ2) is 8.92. The van der Waals surface area contributed by atoms with Gasteiger partial charge in [0.25, 0.3) is 0 Å². The average molecular weight is 398 g/mol. The van der Waals surface area contributed by atoms with Gasteiger partial charge in [-0.3, -0.25) is 0 Å². The van der Waals surface area contributed by atoms with E-state index >= 15 is 0 Å². The van der Waals surface area contributed by atoms with Gasteiger partial charge in [0.05, 0.1) is 17.0 Å². The van der Waals surface area contributed by atoms with E-state index < -0.39 is 0 Å².